The molecule has 39 heavy (non-hydrogen) atoms. The van der Waals surface area contributed by atoms with Gasteiger partial charge >= 0.3 is 0 Å². The van der Waals surface area contributed by atoms with E-state index in [0.717, 1.165) is 24.9 Å². The van der Waals surface area contributed by atoms with E-state index in [1.165, 1.54) is 25.7 Å². The van der Waals surface area contributed by atoms with Crippen molar-refractivity contribution in [3.05, 3.63) is 66.0 Å². The molecule has 0 bridgehead atoms. The number of sulfonamides is 1. The number of nitriles is 1. The van der Waals surface area contributed by atoms with E-state index in [2.05, 4.69) is 29.9 Å². The lowest BCUT2D eigenvalue weighted by molar-refractivity contribution is 0.175. The van der Waals surface area contributed by atoms with E-state index in [4.69, 9.17) is 14.7 Å². The summed E-state index contributed by atoms with van der Waals surface area (Å²) >= 11 is 0. The lowest BCUT2D eigenvalue weighted by atomic mass is 10.0. The van der Waals surface area contributed by atoms with Crippen LogP contribution in [-0.4, -0.2) is 57.6 Å². The Morgan fingerprint density at radius 3 is 2.31 bits per heavy atom. The third-order valence-electron chi connectivity index (χ3n) is 6.10. The maximum absolute atomic E-state index is 15.9. The largest absolute Gasteiger partial charge is 0.494 e. The van der Waals surface area contributed by atoms with Gasteiger partial charge in [0.1, 0.15) is 28.5 Å². The van der Waals surface area contributed by atoms with Crippen LogP contribution in [0.2, 0.25) is 0 Å². The van der Waals surface area contributed by atoms with Gasteiger partial charge in [0, 0.05) is 30.4 Å². The van der Waals surface area contributed by atoms with E-state index in [9.17, 15) is 8.42 Å². The van der Waals surface area contributed by atoms with Gasteiger partial charge in [0.05, 0.1) is 19.8 Å². The van der Waals surface area contributed by atoms with Crippen molar-refractivity contribution in [2.75, 3.05) is 18.9 Å². The fraction of sp³-hybridized carbons (Fsp3) is 0.280. The molecule has 3 heterocycles. The molecular formula is C25H25FN8O4S. The second kappa shape index (κ2) is 10.6. The van der Waals surface area contributed by atoms with Crippen molar-refractivity contribution in [3.63, 3.8) is 0 Å². The SMILES string of the molecule is COc1cccc(OC)c1-n1c(NS(=O)(=O)[C@H](C)C(C)(F)c2ncc(C#N)cn2)nnc1-c1cncc(C)c1. The fourth-order valence-electron chi connectivity index (χ4n) is 3.81. The van der Waals surface area contributed by atoms with Crippen molar-refractivity contribution in [1.82, 2.24) is 29.7 Å². The van der Waals surface area contributed by atoms with Crippen molar-refractivity contribution in [1.29, 1.82) is 5.26 Å². The number of para-hydroxylation sites is 1. The molecule has 202 valence electrons. The summed E-state index contributed by atoms with van der Waals surface area (Å²) in [6.45, 7) is 4.08. The minimum Gasteiger partial charge on any atom is -0.494 e. The second-order valence-corrected chi connectivity index (χ2v) is 10.7. The fourth-order valence-corrected chi connectivity index (χ4v) is 5.06. The molecule has 1 aromatic carbocycles. The molecule has 14 heteroatoms. The van der Waals surface area contributed by atoms with Crippen LogP contribution in [0, 0.1) is 18.3 Å². The second-order valence-electron chi connectivity index (χ2n) is 8.72. The minimum absolute atomic E-state index is 0.111. The van der Waals surface area contributed by atoms with Gasteiger partial charge in [-0.15, -0.1) is 10.2 Å². The minimum atomic E-state index is -4.47. The molecule has 1 N–H and O–H groups in total. The van der Waals surface area contributed by atoms with Crippen LogP contribution in [0.1, 0.15) is 30.8 Å². The van der Waals surface area contributed by atoms with Crippen LogP contribution in [0.15, 0.2) is 49.1 Å². The molecule has 0 aliphatic heterocycles. The van der Waals surface area contributed by atoms with E-state index >= 15 is 4.39 Å². The zero-order chi connectivity index (χ0) is 28.4. The zero-order valence-electron chi connectivity index (χ0n) is 21.7. The number of rotatable bonds is 9. The van der Waals surface area contributed by atoms with Crippen LogP contribution >= 0.6 is 0 Å². The zero-order valence-corrected chi connectivity index (χ0v) is 22.6. The van der Waals surface area contributed by atoms with Gasteiger partial charge in [-0.3, -0.25) is 14.3 Å². The van der Waals surface area contributed by atoms with Crippen LogP contribution in [0.3, 0.4) is 0 Å². The summed E-state index contributed by atoms with van der Waals surface area (Å²) in [6.07, 6.45) is 5.46. The number of hydrogen-bond donors (Lipinski definition) is 1. The average molecular weight is 553 g/mol. The number of anilines is 1. The molecule has 0 spiro atoms. The lowest BCUT2D eigenvalue weighted by Gasteiger charge is -2.26. The first-order valence-electron chi connectivity index (χ1n) is 11.6. The quantitative estimate of drug-likeness (QED) is 0.326. The number of methoxy groups -OCH3 is 2. The number of ether oxygens (including phenoxy) is 2. The maximum atomic E-state index is 15.9. The van der Waals surface area contributed by atoms with Gasteiger partial charge in [-0.05, 0) is 44.5 Å². The molecule has 3 aromatic heterocycles. The summed E-state index contributed by atoms with van der Waals surface area (Å²) in [6, 6.07) is 8.67. The number of nitrogens with zero attached hydrogens (tertiary/aromatic N) is 7. The van der Waals surface area contributed by atoms with Crippen LogP contribution in [0.5, 0.6) is 11.5 Å². The Labute approximate surface area is 224 Å². The summed E-state index contributed by atoms with van der Waals surface area (Å²) in [5, 5.41) is 15.6. The molecule has 0 amide bonds. The molecule has 2 atom stereocenters. The molecule has 0 radical (unpaired) electrons. The highest BCUT2D eigenvalue weighted by Crippen LogP contribution is 2.38. The first-order chi connectivity index (χ1) is 18.5. The first-order valence-corrected chi connectivity index (χ1v) is 13.1. The Kier molecular flexibility index (Phi) is 7.46. The highest BCUT2D eigenvalue weighted by atomic mass is 32.2. The van der Waals surface area contributed by atoms with Gasteiger partial charge in [-0.25, -0.2) is 22.8 Å². The van der Waals surface area contributed by atoms with Crippen molar-refractivity contribution < 1.29 is 22.3 Å². The van der Waals surface area contributed by atoms with E-state index in [-0.39, 0.29) is 17.3 Å². The van der Waals surface area contributed by atoms with Crippen molar-refractivity contribution in [2.24, 2.45) is 0 Å². The molecular weight excluding hydrogens is 527 g/mol. The predicted molar refractivity (Wildman–Crippen MR) is 140 cm³/mol. The number of halogens is 1. The topological polar surface area (TPSA) is 158 Å². The molecule has 0 saturated heterocycles. The number of nitrogens with one attached hydrogen (secondary N) is 1. The standard InChI is InChI=1S/C25H25FN8O4S/c1-15-9-18(14-28-11-15)22-31-32-24(34(22)21-19(37-4)7-6-8-20(21)38-5)33-39(35,36)16(2)25(3,26)23-29-12-17(10-27)13-30-23/h6-9,11-14,16H,1-5H3,(H,32,33)/t16-,25?/m1/s1. The van der Waals surface area contributed by atoms with E-state index in [1.807, 2.05) is 13.0 Å². The Hall–Kier alpha value is -4.64. The van der Waals surface area contributed by atoms with E-state index in [0.29, 0.717) is 22.7 Å². The third kappa shape index (κ3) is 5.21. The lowest BCUT2D eigenvalue weighted by Crippen LogP contribution is -2.41. The molecule has 0 fully saturated rings. The first kappa shape index (κ1) is 27.4. The molecule has 4 rings (SSSR count). The van der Waals surface area contributed by atoms with Crippen molar-refractivity contribution >= 4 is 16.0 Å². The van der Waals surface area contributed by atoms with Gasteiger partial charge in [-0.2, -0.15) is 5.26 Å². The summed E-state index contributed by atoms with van der Waals surface area (Å²) in [5.41, 5.74) is -0.737. The van der Waals surface area contributed by atoms with Crippen LogP contribution in [-0.2, 0) is 15.7 Å². The van der Waals surface area contributed by atoms with Crippen molar-refractivity contribution in [3.8, 4) is 34.6 Å². The molecule has 0 saturated carbocycles. The third-order valence-corrected chi connectivity index (χ3v) is 7.94. The number of pyridine rings is 1. The number of benzene rings is 1. The summed E-state index contributed by atoms with van der Waals surface area (Å²) in [5.74, 6) is 0.283. The van der Waals surface area contributed by atoms with Gasteiger partial charge < -0.3 is 9.47 Å². The van der Waals surface area contributed by atoms with E-state index in [1.54, 1.807) is 36.7 Å². The van der Waals surface area contributed by atoms with Crippen LogP contribution < -0.4 is 14.2 Å². The normalized spacial score (nSPS) is 13.7. The summed E-state index contributed by atoms with van der Waals surface area (Å²) < 4.78 is 57.8. The number of aryl methyl sites for hydroxylation is 1. The van der Waals surface area contributed by atoms with Crippen LogP contribution in [0.4, 0.5) is 10.3 Å². The van der Waals surface area contributed by atoms with Gasteiger partial charge in [0.25, 0.3) is 0 Å². The number of alkyl halides is 1. The smallest absolute Gasteiger partial charge is 0.243 e. The molecule has 0 aliphatic carbocycles. The Morgan fingerprint density at radius 2 is 1.74 bits per heavy atom. The van der Waals surface area contributed by atoms with Gasteiger partial charge in [-0.1, -0.05) is 6.07 Å². The molecule has 1 unspecified atom stereocenters. The van der Waals surface area contributed by atoms with Crippen LogP contribution in [0.25, 0.3) is 17.1 Å². The van der Waals surface area contributed by atoms with Gasteiger partial charge in [0.2, 0.25) is 16.0 Å². The maximum Gasteiger partial charge on any atom is 0.243 e. The number of aromatic nitrogens is 6. The summed E-state index contributed by atoms with van der Waals surface area (Å²) in [4.78, 5) is 11.9. The summed E-state index contributed by atoms with van der Waals surface area (Å²) in [7, 11) is -1.57. The molecule has 0 aliphatic rings. The van der Waals surface area contributed by atoms with E-state index < -0.39 is 26.8 Å². The Morgan fingerprint density at radius 1 is 1.10 bits per heavy atom. The van der Waals surface area contributed by atoms with Gasteiger partial charge in [0.15, 0.2) is 17.3 Å². The monoisotopic (exact) mass is 552 g/mol. The van der Waals surface area contributed by atoms with Crippen molar-refractivity contribution in [2.45, 2.75) is 31.7 Å². The Bertz CT molecular complexity index is 1630. The number of hydrogen-bond acceptors (Lipinski definition) is 10. The highest BCUT2D eigenvalue weighted by molar-refractivity contribution is 7.93. The highest BCUT2D eigenvalue weighted by Gasteiger charge is 2.45. The molecule has 4 aromatic rings. The predicted octanol–water partition coefficient (Wildman–Crippen LogP) is 3.33. The Balaban J connectivity index is 1.85. The molecule has 12 nitrogen and oxygen atoms in total. The average Bonchev–Trinajstić information content (AvgIpc) is 3.34.